The quantitative estimate of drug-likeness (QED) is 0.115. The molecule has 0 radical (unpaired) electrons. The standard InChI is InChI=1S/C24H24O3.C21H28O3Si/c25-22-16-23(26-17-22)18-27-24(19-10-4-1-5-11-19,20-12-6-2-7-13-20)21-14-8-3-9-15-21;1-21(2,3)25(19-10-6-4-7-11-19,20-12-8-5-9-13-20)24-16-18-14-17(22)15-23-18/h1-15,22-23,25H,16-18H2;4-13,17-18,22H,14-16H2,1-3H3/t22-,23-;17-,18-/m00/s1. The zero-order valence-corrected chi connectivity index (χ0v) is 31.5. The van der Waals surface area contributed by atoms with Gasteiger partial charge in [-0.15, -0.1) is 0 Å². The molecule has 0 aromatic heterocycles. The lowest BCUT2D eigenvalue weighted by molar-refractivity contribution is -0.0460. The Hall–Kier alpha value is -3.92. The van der Waals surface area contributed by atoms with E-state index in [0.717, 1.165) is 16.7 Å². The van der Waals surface area contributed by atoms with Crippen LogP contribution in [0.3, 0.4) is 0 Å². The Balaban J connectivity index is 0.000000179. The highest BCUT2D eigenvalue weighted by Crippen LogP contribution is 2.41. The largest absolute Gasteiger partial charge is 0.405 e. The average molecular weight is 717 g/mol. The van der Waals surface area contributed by atoms with Crippen LogP contribution in [0.1, 0.15) is 50.3 Å². The highest BCUT2D eigenvalue weighted by molar-refractivity contribution is 6.99. The van der Waals surface area contributed by atoms with E-state index in [9.17, 15) is 10.2 Å². The van der Waals surface area contributed by atoms with Crippen LogP contribution in [0.15, 0.2) is 152 Å². The molecule has 7 rings (SSSR count). The number of aliphatic hydroxyl groups is 2. The summed E-state index contributed by atoms with van der Waals surface area (Å²) in [6.07, 6.45) is 0.352. The molecule has 272 valence electrons. The number of benzene rings is 5. The van der Waals surface area contributed by atoms with E-state index in [1.165, 1.54) is 10.4 Å². The lowest BCUT2D eigenvalue weighted by atomic mass is 9.80. The van der Waals surface area contributed by atoms with Crippen LogP contribution in [-0.2, 0) is 24.2 Å². The molecule has 5 aromatic rings. The van der Waals surface area contributed by atoms with Gasteiger partial charge in [0.1, 0.15) is 5.60 Å². The number of hydrogen-bond donors (Lipinski definition) is 2. The molecule has 0 spiro atoms. The Kier molecular flexibility index (Phi) is 12.6. The maximum atomic E-state index is 9.80. The van der Waals surface area contributed by atoms with Gasteiger partial charge in [0.15, 0.2) is 0 Å². The van der Waals surface area contributed by atoms with E-state index >= 15 is 0 Å². The van der Waals surface area contributed by atoms with Crippen LogP contribution in [0.25, 0.3) is 0 Å². The second kappa shape index (κ2) is 17.3. The van der Waals surface area contributed by atoms with Gasteiger partial charge in [-0.05, 0) is 32.1 Å². The summed E-state index contributed by atoms with van der Waals surface area (Å²) in [7, 11) is -2.50. The second-order valence-corrected chi connectivity index (χ2v) is 19.1. The SMILES string of the molecule is CC(C)(C)[Si](OC[C@@H]1C[C@H](O)CO1)(c1ccccc1)c1ccccc1.O[C@@H]1CO[C@H](COC(c2ccccc2)(c2ccccc2)c2ccccc2)C1. The van der Waals surface area contributed by atoms with E-state index in [2.05, 4.69) is 106 Å². The maximum absolute atomic E-state index is 9.80. The minimum absolute atomic E-state index is 0.0309. The van der Waals surface area contributed by atoms with E-state index in [-0.39, 0.29) is 23.4 Å². The summed E-state index contributed by atoms with van der Waals surface area (Å²) in [6.45, 7) is 8.52. The molecule has 7 heteroatoms. The van der Waals surface area contributed by atoms with Crippen molar-refractivity contribution in [3.63, 3.8) is 0 Å². The topological polar surface area (TPSA) is 77.4 Å². The third kappa shape index (κ3) is 8.48. The first kappa shape index (κ1) is 37.8. The fourth-order valence-corrected chi connectivity index (χ4v) is 12.2. The predicted molar refractivity (Wildman–Crippen MR) is 209 cm³/mol. The molecule has 2 fully saturated rings. The van der Waals surface area contributed by atoms with E-state index in [0.29, 0.717) is 39.3 Å². The zero-order chi connectivity index (χ0) is 36.4. The van der Waals surface area contributed by atoms with Crippen molar-refractivity contribution in [1.29, 1.82) is 0 Å². The summed E-state index contributed by atoms with van der Waals surface area (Å²) in [5.74, 6) is 0. The van der Waals surface area contributed by atoms with Gasteiger partial charge in [-0.3, -0.25) is 0 Å². The van der Waals surface area contributed by atoms with Crippen LogP contribution in [0.2, 0.25) is 5.04 Å². The molecule has 2 aliphatic heterocycles. The van der Waals surface area contributed by atoms with Crippen molar-refractivity contribution in [3.8, 4) is 0 Å². The van der Waals surface area contributed by atoms with E-state index in [4.69, 9.17) is 18.6 Å². The van der Waals surface area contributed by atoms with Crippen LogP contribution in [0.5, 0.6) is 0 Å². The molecule has 2 saturated heterocycles. The third-order valence-electron chi connectivity index (χ3n) is 10.0. The molecular formula is C45H52O6Si. The van der Waals surface area contributed by atoms with Crippen molar-refractivity contribution in [1.82, 2.24) is 0 Å². The smallest absolute Gasteiger partial charge is 0.261 e. The molecule has 0 saturated carbocycles. The Morgan fingerprint density at radius 1 is 0.538 bits per heavy atom. The van der Waals surface area contributed by atoms with Crippen molar-refractivity contribution >= 4 is 18.7 Å². The monoisotopic (exact) mass is 716 g/mol. The number of ether oxygens (including phenoxy) is 3. The van der Waals surface area contributed by atoms with Gasteiger partial charge < -0.3 is 28.8 Å². The molecule has 2 heterocycles. The summed E-state index contributed by atoms with van der Waals surface area (Å²) < 4.78 is 24.9. The summed E-state index contributed by atoms with van der Waals surface area (Å²) in [6, 6.07) is 52.1. The Bertz CT molecular complexity index is 1630. The van der Waals surface area contributed by atoms with Gasteiger partial charge in [-0.25, -0.2) is 0 Å². The molecular weight excluding hydrogens is 665 g/mol. The lowest BCUT2D eigenvalue weighted by Gasteiger charge is -2.43. The molecule has 2 aliphatic rings. The van der Waals surface area contributed by atoms with Crippen LogP contribution >= 0.6 is 0 Å². The first-order valence-corrected chi connectivity index (χ1v) is 20.3. The maximum Gasteiger partial charge on any atom is 0.261 e. The second-order valence-electron chi connectivity index (χ2n) is 14.8. The Morgan fingerprint density at radius 3 is 1.21 bits per heavy atom. The summed E-state index contributed by atoms with van der Waals surface area (Å²) in [5.41, 5.74) is 2.48. The minimum Gasteiger partial charge on any atom is -0.405 e. The average Bonchev–Trinajstić information content (AvgIpc) is 3.81. The van der Waals surface area contributed by atoms with Crippen LogP contribution < -0.4 is 10.4 Å². The predicted octanol–water partition coefficient (Wildman–Crippen LogP) is 6.86. The fraction of sp³-hybridized carbons (Fsp3) is 0.333. The van der Waals surface area contributed by atoms with Gasteiger partial charge in [0.25, 0.3) is 8.32 Å². The summed E-state index contributed by atoms with van der Waals surface area (Å²) in [4.78, 5) is 0. The molecule has 6 nitrogen and oxygen atoms in total. The van der Waals surface area contributed by atoms with Crippen molar-refractivity contribution in [2.75, 3.05) is 26.4 Å². The van der Waals surface area contributed by atoms with Crippen molar-refractivity contribution in [2.24, 2.45) is 0 Å². The molecule has 0 bridgehead atoms. The molecule has 0 amide bonds. The number of hydrogen-bond acceptors (Lipinski definition) is 6. The van der Waals surface area contributed by atoms with Crippen LogP contribution in [0.4, 0.5) is 0 Å². The first-order valence-electron chi connectivity index (χ1n) is 18.4. The van der Waals surface area contributed by atoms with Gasteiger partial charge >= 0.3 is 0 Å². The van der Waals surface area contributed by atoms with Crippen molar-refractivity contribution < 1.29 is 28.8 Å². The van der Waals surface area contributed by atoms with Crippen molar-refractivity contribution in [3.05, 3.63) is 168 Å². The van der Waals surface area contributed by atoms with Gasteiger partial charge in [-0.1, -0.05) is 172 Å². The third-order valence-corrected chi connectivity index (χ3v) is 15.1. The summed E-state index contributed by atoms with van der Waals surface area (Å²) >= 11 is 0. The van der Waals surface area contributed by atoms with Crippen LogP contribution in [-0.4, -0.2) is 69.4 Å². The van der Waals surface area contributed by atoms with Crippen molar-refractivity contribution in [2.45, 2.75) is 68.7 Å². The Morgan fingerprint density at radius 2 is 0.885 bits per heavy atom. The first-order chi connectivity index (χ1) is 25.2. The van der Waals surface area contributed by atoms with E-state index in [1.54, 1.807) is 0 Å². The summed E-state index contributed by atoms with van der Waals surface area (Å²) in [5, 5.41) is 22.1. The van der Waals surface area contributed by atoms with Crippen LogP contribution in [0, 0.1) is 0 Å². The molecule has 2 N–H and O–H groups in total. The molecule has 4 atom stereocenters. The molecule has 0 aliphatic carbocycles. The highest BCUT2D eigenvalue weighted by atomic mass is 28.4. The fourth-order valence-electron chi connectivity index (χ4n) is 7.57. The molecule has 5 aromatic carbocycles. The van der Waals surface area contributed by atoms with E-state index in [1.807, 2.05) is 66.7 Å². The minimum atomic E-state index is -2.50. The van der Waals surface area contributed by atoms with Gasteiger partial charge in [0.05, 0.1) is 50.8 Å². The Labute approximate surface area is 310 Å². The number of rotatable bonds is 11. The lowest BCUT2D eigenvalue weighted by Crippen LogP contribution is -2.67. The zero-order valence-electron chi connectivity index (χ0n) is 30.5. The van der Waals surface area contributed by atoms with E-state index < -0.39 is 20.0 Å². The molecule has 0 unspecified atom stereocenters. The number of aliphatic hydroxyl groups excluding tert-OH is 2. The molecule has 52 heavy (non-hydrogen) atoms. The normalized spacial score (nSPS) is 20.6. The van der Waals surface area contributed by atoms with Gasteiger partial charge in [0.2, 0.25) is 0 Å². The van der Waals surface area contributed by atoms with Gasteiger partial charge in [-0.2, -0.15) is 0 Å². The highest BCUT2D eigenvalue weighted by Gasteiger charge is 2.50. The van der Waals surface area contributed by atoms with Gasteiger partial charge in [0, 0.05) is 12.8 Å².